The monoisotopic (exact) mass is 576 g/mol. The van der Waals surface area contributed by atoms with Gasteiger partial charge in [-0.2, -0.15) is 0 Å². The van der Waals surface area contributed by atoms with Gasteiger partial charge in [-0.05, 0) is 24.5 Å². The molecular formula is C25H32N6O10. The topological polar surface area (TPSA) is 284 Å². The molecular weight excluding hydrogens is 544 g/mol. The highest BCUT2D eigenvalue weighted by Gasteiger charge is 2.32. The molecule has 0 radical (unpaired) electrons. The summed E-state index contributed by atoms with van der Waals surface area (Å²) in [5, 5.41) is 35.4. The lowest BCUT2D eigenvalue weighted by Gasteiger charge is -2.24. The molecule has 11 N–H and O–H groups in total. The molecule has 16 heteroatoms. The molecule has 16 nitrogen and oxygen atoms in total. The van der Waals surface area contributed by atoms with Crippen LogP contribution in [0.25, 0.3) is 10.9 Å². The lowest BCUT2D eigenvalue weighted by Crippen LogP contribution is -2.57. The minimum absolute atomic E-state index is 0.161. The van der Waals surface area contributed by atoms with Crippen LogP contribution in [0.3, 0.4) is 0 Å². The normalized spacial score (nSPS) is 13.8. The number of amides is 4. The summed E-state index contributed by atoms with van der Waals surface area (Å²) >= 11 is 0. The molecule has 1 aromatic carbocycles. The number of benzene rings is 1. The quantitative estimate of drug-likeness (QED) is 0.101. The highest BCUT2D eigenvalue weighted by Crippen LogP contribution is 2.19. The van der Waals surface area contributed by atoms with Gasteiger partial charge in [0.1, 0.15) is 18.1 Å². The Morgan fingerprint density at radius 1 is 0.780 bits per heavy atom. The standard InChI is InChI=1S/C25H32N6O10/c26-14(5-7-19(27)32)22(37)29-16(6-8-20(33)34)23(38)30-17(10-21(35)36)24(39)31-18(25(40)41)9-12-11-28-15-4-2-1-3-13(12)15/h1-4,11,14,16-18,28H,5-10,26H2,(H2,27,32)(H,29,37)(H,30,38)(H,31,39)(H,33,34)(H,35,36)(H,40,41). The third kappa shape index (κ3) is 10.2. The van der Waals surface area contributed by atoms with Crippen LogP contribution in [0, 0.1) is 0 Å². The predicted octanol–water partition coefficient (Wildman–Crippen LogP) is -1.82. The molecule has 4 unspecified atom stereocenters. The lowest BCUT2D eigenvalue weighted by atomic mass is 10.0. The van der Waals surface area contributed by atoms with Gasteiger partial charge in [0, 0.05) is 36.4 Å². The Labute approximate surface area is 232 Å². The van der Waals surface area contributed by atoms with Gasteiger partial charge >= 0.3 is 17.9 Å². The van der Waals surface area contributed by atoms with Crippen molar-refractivity contribution in [2.24, 2.45) is 11.5 Å². The van der Waals surface area contributed by atoms with E-state index in [1.807, 2.05) is 0 Å². The fraction of sp³-hybridized carbons (Fsp3) is 0.400. The van der Waals surface area contributed by atoms with Crippen molar-refractivity contribution in [1.29, 1.82) is 0 Å². The number of hydrogen-bond donors (Lipinski definition) is 9. The number of carbonyl (C=O) groups is 7. The van der Waals surface area contributed by atoms with E-state index in [4.69, 9.17) is 16.6 Å². The molecule has 0 aliphatic carbocycles. The number of fused-ring (bicyclic) bond motifs is 1. The second-order valence-electron chi connectivity index (χ2n) is 9.23. The Morgan fingerprint density at radius 2 is 1.39 bits per heavy atom. The number of aliphatic carboxylic acids is 3. The highest BCUT2D eigenvalue weighted by atomic mass is 16.4. The first-order valence-corrected chi connectivity index (χ1v) is 12.4. The molecule has 4 atom stereocenters. The molecule has 1 heterocycles. The van der Waals surface area contributed by atoms with Gasteiger partial charge in [0.05, 0.1) is 12.5 Å². The molecule has 1 aromatic heterocycles. The smallest absolute Gasteiger partial charge is 0.326 e. The zero-order valence-electron chi connectivity index (χ0n) is 21.8. The molecule has 0 aliphatic rings. The average molecular weight is 577 g/mol. The summed E-state index contributed by atoms with van der Waals surface area (Å²) in [6.07, 6.45) is -0.969. The number of carbonyl (C=O) groups excluding carboxylic acids is 4. The van der Waals surface area contributed by atoms with Gasteiger partial charge in [-0.3, -0.25) is 28.8 Å². The Balaban J connectivity index is 2.18. The van der Waals surface area contributed by atoms with Gasteiger partial charge in [0.25, 0.3) is 0 Å². The van der Waals surface area contributed by atoms with Crippen molar-refractivity contribution < 1.29 is 48.9 Å². The third-order valence-corrected chi connectivity index (χ3v) is 6.04. The number of aromatic amines is 1. The molecule has 0 saturated heterocycles. The Hall–Kier alpha value is -4.99. The van der Waals surface area contributed by atoms with E-state index in [1.54, 1.807) is 30.5 Å². The van der Waals surface area contributed by atoms with Gasteiger partial charge in [-0.1, -0.05) is 18.2 Å². The summed E-state index contributed by atoms with van der Waals surface area (Å²) < 4.78 is 0. The van der Waals surface area contributed by atoms with E-state index in [0.29, 0.717) is 5.56 Å². The Kier molecular flexibility index (Phi) is 11.8. The van der Waals surface area contributed by atoms with Gasteiger partial charge < -0.3 is 47.7 Å². The number of rotatable bonds is 17. The van der Waals surface area contributed by atoms with E-state index in [-0.39, 0.29) is 19.3 Å². The number of primary amides is 1. The Morgan fingerprint density at radius 3 is 2.00 bits per heavy atom. The summed E-state index contributed by atoms with van der Waals surface area (Å²) in [4.78, 5) is 86.8. The van der Waals surface area contributed by atoms with E-state index in [1.165, 1.54) is 0 Å². The molecule has 222 valence electrons. The zero-order chi connectivity index (χ0) is 30.7. The van der Waals surface area contributed by atoms with E-state index in [9.17, 15) is 43.8 Å². The number of hydrogen-bond acceptors (Lipinski definition) is 8. The number of para-hydroxylation sites is 1. The second kappa shape index (κ2) is 15.0. The van der Waals surface area contributed by atoms with Crippen LogP contribution in [-0.2, 0) is 40.0 Å². The Bertz CT molecular complexity index is 1310. The number of carboxylic acids is 3. The molecule has 0 spiro atoms. The van der Waals surface area contributed by atoms with Crippen LogP contribution in [-0.4, -0.2) is 86.0 Å². The van der Waals surface area contributed by atoms with E-state index >= 15 is 0 Å². The molecule has 41 heavy (non-hydrogen) atoms. The number of nitrogens with one attached hydrogen (secondary N) is 4. The first-order valence-electron chi connectivity index (χ1n) is 12.4. The molecule has 4 amide bonds. The van der Waals surface area contributed by atoms with Crippen LogP contribution in [0.1, 0.15) is 37.7 Å². The zero-order valence-corrected chi connectivity index (χ0v) is 21.8. The molecule has 0 fully saturated rings. The first-order chi connectivity index (χ1) is 19.3. The average Bonchev–Trinajstić information content (AvgIpc) is 3.30. The van der Waals surface area contributed by atoms with Crippen LogP contribution < -0.4 is 27.4 Å². The number of H-pyrrole nitrogens is 1. The number of carboxylic acid groups (broad SMARTS) is 3. The summed E-state index contributed by atoms with van der Waals surface area (Å²) in [6.45, 7) is 0. The first kappa shape index (κ1) is 32.2. The lowest BCUT2D eigenvalue weighted by molar-refractivity contribution is -0.143. The largest absolute Gasteiger partial charge is 0.481 e. The molecule has 2 rings (SSSR count). The van der Waals surface area contributed by atoms with Gasteiger partial charge in [-0.15, -0.1) is 0 Å². The van der Waals surface area contributed by atoms with Crippen molar-refractivity contribution >= 4 is 52.4 Å². The van der Waals surface area contributed by atoms with E-state index in [0.717, 1.165) is 10.9 Å². The van der Waals surface area contributed by atoms with Gasteiger partial charge in [0.15, 0.2) is 0 Å². The van der Waals surface area contributed by atoms with Crippen LogP contribution in [0.5, 0.6) is 0 Å². The van der Waals surface area contributed by atoms with Crippen LogP contribution in [0.15, 0.2) is 30.5 Å². The molecule has 0 bridgehead atoms. The summed E-state index contributed by atoms with van der Waals surface area (Å²) in [6, 6.07) is 0.940. The molecule has 0 saturated carbocycles. The minimum Gasteiger partial charge on any atom is -0.481 e. The maximum absolute atomic E-state index is 13.0. The predicted molar refractivity (Wildman–Crippen MR) is 141 cm³/mol. The summed E-state index contributed by atoms with van der Waals surface area (Å²) in [7, 11) is 0. The van der Waals surface area contributed by atoms with Crippen molar-refractivity contribution in [1.82, 2.24) is 20.9 Å². The van der Waals surface area contributed by atoms with Crippen molar-refractivity contribution in [2.45, 2.75) is 62.7 Å². The second-order valence-corrected chi connectivity index (χ2v) is 9.23. The van der Waals surface area contributed by atoms with Crippen molar-refractivity contribution in [3.05, 3.63) is 36.0 Å². The van der Waals surface area contributed by atoms with Crippen LogP contribution in [0.4, 0.5) is 0 Å². The third-order valence-electron chi connectivity index (χ3n) is 6.04. The van der Waals surface area contributed by atoms with Crippen molar-refractivity contribution in [3.63, 3.8) is 0 Å². The van der Waals surface area contributed by atoms with Gasteiger partial charge in [-0.25, -0.2) is 4.79 Å². The molecule has 2 aromatic rings. The van der Waals surface area contributed by atoms with Crippen LogP contribution >= 0.6 is 0 Å². The fourth-order valence-electron chi connectivity index (χ4n) is 3.89. The highest BCUT2D eigenvalue weighted by molar-refractivity contribution is 5.96. The van der Waals surface area contributed by atoms with Crippen LogP contribution in [0.2, 0.25) is 0 Å². The van der Waals surface area contributed by atoms with E-state index in [2.05, 4.69) is 20.9 Å². The van der Waals surface area contributed by atoms with E-state index < -0.39 is 85.0 Å². The minimum atomic E-state index is -1.78. The maximum Gasteiger partial charge on any atom is 0.326 e. The van der Waals surface area contributed by atoms with Crippen molar-refractivity contribution in [3.8, 4) is 0 Å². The van der Waals surface area contributed by atoms with Gasteiger partial charge in [0.2, 0.25) is 23.6 Å². The number of nitrogens with two attached hydrogens (primary N) is 2. The summed E-state index contributed by atoms with van der Waals surface area (Å²) in [5.74, 6) is -8.10. The fourth-order valence-corrected chi connectivity index (χ4v) is 3.89. The summed E-state index contributed by atoms with van der Waals surface area (Å²) in [5.41, 5.74) is 12.0. The van der Waals surface area contributed by atoms with Crippen molar-refractivity contribution in [2.75, 3.05) is 0 Å². The SMILES string of the molecule is NC(=O)CCC(N)C(=O)NC(CCC(=O)O)C(=O)NC(CC(=O)O)C(=O)NC(Cc1c[nH]c2ccccc12)C(=O)O. The molecule has 0 aliphatic heterocycles. The number of aromatic nitrogens is 1. The maximum atomic E-state index is 13.0.